The van der Waals surface area contributed by atoms with Crippen molar-refractivity contribution in [2.45, 2.75) is 45.1 Å². The second kappa shape index (κ2) is 5.70. The Morgan fingerprint density at radius 1 is 1.18 bits per heavy atom. The molecule has 1 aromatic carbocycles. The number of hydrogen-bond acceptors (Lipinski definition) is 3. The predicted octanol–water partition coefficient (Wildman–Crippen LogP) is 4.20. The second-order valence-corrected chi connectivity index (χ2v) is 6.15. The van der Waals surface area contributed by atoms with Gasteiger partial charge in [-0.1, -0.05) is 11.6 Å². The number of halogens is 5. The number of benzene rings is 1. The third-order valence-electron chi connectivity index (χ3n) is 3.38. The second-order valence-electron chi connectivity index (χ2n) is 5.77. The van der Waals surface area contributed by atoms with Gasteiger partial charge < -0.3 is 9.84 Å². The number of esters is 1. The minimum absolute atomic E-state index is 0.195. The van der Waals surface area contributed by atoms with Gasteiger partial charge >= 0.3 is 12.1 Å². The van der Waals surface area contributed by atoms with E-state index in [1.54, 1.807) is 0 Å². The van der Waals surface area contributed by atoms with E-state index in [4.69, 9.17) is 16.3 Å². The summed E-state index contributed by atoms with van der Waals surface area (Å²) in [4.78, 5) is 12.0. The molecule has 1 aromatic rings. The Bertz CT molecular complexity index is 589. The Balaban J connectivity index is 3.29. The average Bonchev–Trinajstić information content (AvgIpc) is 2.28. The largest absolute Gasteiger partial charge is 0.453 e. The van der Waals surface area contributed by atoms with Crippen molar-refractivity contribution >= 4 is 17.6 Å². The Morgan fingerprint density at radius 3 is 2.09 bits per heavy atom. The van der Waals surface area contributed by atoms with E-state index in [9.17, 15) is 27.5 Å². The quantitative estimate of drug-likeness (QED) is 0.661. The lowest BCUT2D eigenvalue weighted by Gasteiger charge is -2.36. The molecule has 22 heavy (non-hydrogen) atoms. The van der Waals surface area contributed by atoms with Crippen molar-refractivity contribution in [2.24, 2.45) is 0 Å². The molecule has 0 heterocycles. The van der Waals surface area contributed by atoms with E-state index in [2.05, 4.69) is 0 Å². The van der Waals surface area contributed by atoms with Crippen LogP contribution in [0.3, 0.4) is 0 Å². The number of aliphatic hydroxyl groups is 1. The molecule has 0 atom stereocenters. The van der Waals surface area contributed by atoms with Crippen molar-refractivity contribution in [1.29, 1.82) is 0 Å². The number of alkyl halides is 3. The normalized spacial score (nSPS) is 13.2. The Hall–Kier alpha value is -1.34. The van der Waals surface area contributed by atoms with Gasteiger partial charge in [0, 0.05) is 0 Å². The minimum atomic E-state index is -4.92. The van der Waals surface area contributed by atoms with Gasteiger partial charge in [0.05, 0.1) is 21.8 Å². The van der Waals surface area contributed by atoms with E-state index < -0.39 is 45.3 Å². The molecule has 3 nitrogen and oxygen atoms in total. The summed E-state index contributed by atoms with van der Waals surface area (Å²) in [6, 6.07) is 0.751. The van der Waals surface area contributed by atoms with Gasteiger partial charge in [-0.15, -0.1) is 0 Å². The first-order chi connectivity index (χ1) is 9.67. The Labute approximate surface area is 129 Å². The maximum atomic E-state index is 13.3. The first-order valence-electron chi connectivity index (χ1n) is 6.19. The fourth-order valence-corrected chi connectivity index (χ4v) is 1.65. The standard InChI is InChI=1S/C14H15ClF4O3/c1-12(2,21)13(3,4)22-11(20)8-5-7(16)6-9(10(8)15)14(17,18)19/h5-6,21H,1-4H3. The van der Waals surface area contributed by atoms with Gasteiger partial charge in [0.15, 0.2) is 0 Å². The minimum Gasteiger partial charge on any atom is -0.453 e. The van der Waals surface area contributed by atoms with Crippen LogP contribution in [0, 0.1) is 5.82 Å². The van der Waals surface area contributed by atoms with Crippen molar-refractivity contribution in [2.75, 3.05) is 0 Å². The molecule has 0 unspecified atom stereocenters. The molecule has 0 spiro atoms. The van der Waals surface area contributed by atoms with Gasteiger partial charge in [0.1, 0.15) is 11.4 Å². The zero-order chi connectivity index (χ0) is 17.5. The van der Waals surface area contributed by atoms with Crippen molar-refractivity contribution in [1.82, 2.24) is 0 Å². The Morgan fingerprint density at radius 2 is 1.68 bits per heavy atom. The molecule has 124 valence electrons. The van der Waals surface area contributed by atoms with E-state index in [0.717, 1.165) is 0 Å². The van der Waals surface area contributed by atoms with Gasteiger partial charge in [-0.3, -0.25) is 0 Å². The molecule has 8 heteroatoms. The highest BCUT2D eigenvalue weighted by Crippen LogP contribution is 2.38. The van der Waals surface area contributed by atoms with E-state index >= 15 is 0 Å². The number of hydrogen-bond donors (Lipinski definition) is 1. The van der Waals surface area contributed by atoms with E-state index in [1.165, 1.54) is 27.7 Å². The summed E-state index contributed by atoms with van der Waals surface area (Å²) >= 11 is 5.55. The smallest absolute Gasteiger partial charge is 0.417 e. The van der Waals surface area contributed by atoms with Crippen LogP contribution < -0.4 is 0 Å². The molecule has 0 aliphatic heterocycles. The number of carbonyl (C=O) groups is 1. The third kappa shape index (κ3) is 3.89. The van der Waals surface area contributed by atoms with E-state index in [0.29, 0.717) is 6.07 Å². The zero-order valence-corrected chi connectivity index (χ0v) is 13.1. The van der Waals surface area contributed by atoms with Crippen molar-refractivity contribution in [3.63, 3.8) is 0 Å². The summed E-state index contributed by atoms with van der Waals surface area (Å²) in [7, 11) is 0. The maximum Gasteiger partial charge on any atom is 0.417 e. The fourth-order valence-electron chi connectivity index (χ4n) is 1.36. The molecule has 1 N–H and O–H groups in total. The van der Waals surface area contributed by atoms with Crippen LogP contribution in [0.5, 0.6) is 0 Å². The molecule has 1 rings (SSSR count). The lowest BCUT2D eigenvalue weighted by Crippen LogP contribution is -2.48. The molecule has 0 bridgehead atoms. The van der Waals surface area contributed by atoms with Gasteiger partial charge in [0.2, 0.25) is 0 Å². The van der Waals surface area contributed by atoms with Crippen LogP contribution in [0.4, 0.5) is 17.6 Å². The molecule has 0 aromatic heterocycles. The van der Waals surface area contributed by atoms with Gasteiger partial charge in [-0.2, -0.15) is 13.2 Å². The van der Waals surface area contributed by atoms with Gasteiger partial charge in [0.25, 0.3) is 0 Å². The summed E-state index contributed by atoms with van der Waals surface area (Å²) in [6.07, 6.45) is -4.92. The number of ether oxygens (including phenoxy) is 1. The highest BCUT2D eigenvalue weighted by Gasteiger charge is 2.41. The average molecular weight is 343 g/mol. The predicted molar refractivity (Wildman–Crippen MR) is 72.2 cm³/mol. The van der Waals surface area contributed by atoms with Crippen LogP contribution >= 0.6 is 11.6 Å². The Kier molecular flexibility index (Phi) is 4.85. The van der Waals surface area contributed by atoms with Crippen LogP contribution in [-0.2, 0) is 10.9 Å². The van der Waals surface area contributed by atoms with Crippen LogP contribution in [0.25, 0.3) is 0 Å². The molecule has 0 fully saturated rings. The summed E-state index contributed by atoms with van der Waals surface area (Å²) in [5.41, 5.74) is -5.14. The van der Waals surface area contributed by atoms with E-state index in [1.807, 2.05) is 0 Å². The summed E-state index contributed by atoms with van der Waals surface area (Å²) in [5.74, 6) is -2.54. The number of rotatable bonds is 3. The SMILES string of the molecule is CC(C)(O)C(C)(C)OC(=O)c1cc(F)cc(C(F)(F)F)c1Cl. The zero-order valence-electron chi connectivity index (χ0n) is 12.3. The molecule has 0 saturated heterocycles. The van der Waals surface area contributed by atoms with Crippen molar-refractivity contribution < 1.29 is 32.2 Å². The lowest BCUT2D eigenvalue weighted by molar-refractivity contribution is -0.137. The van der Waals surface area contributed by atoms with Gasteiger partial charge in [-0.25, -0.2) is 9.18 Å². The molecular weight excluding hydrogens is 328 g/mol. The van der Waals surface area contributed by atoms with Gasteiger partial charge in [-0.05, 0) is 39.8 Å². The van der Waals surface area contributed by atoms with Crippen LogP contribution in [0.15, 0.2) is 12.1 Å². The van der Waals surface area contributed by atoms with Crippen LogP contribution in [-0.4, -0.2) is 22.3 Å². The molecular formula is C14H15ClF4O3. The topological polar surface area (TPSA) is 46.5 Å². The fraction of sp³-hybridized carbons (Fsp3) is 0.500. The lowest BCUT2D eigenvalue weighted by atomic mass is 9.89. The molecule has 0 aliphatic rings. The molecule has 0 saturated carbocycles. The molecule has 0 aliphatic carbocycles. The summed E-state index contributed by atoms with van der Waals surface area (Å²) in [6.45, 7) is 5.44. The summed E-state index contributed by atoms with van der Waals surface area (Å²) < 4.78 is 56.6. The first kappa shape index (κ1) is 18.7. The maximum absolute atomic E-state index is 13.3. The highest BCUT2D eigenvalue weighted by molar-refractivity contribution is 6.34. The highest BCUT2D eigenvalue weighted by atomic mass is 35.5. The summed E-state index contributed by atoms with van der Waals surface area (Å²) in [5, 5.41) is 8.93. The van der Waals surface area contributed by atoms with Crippen LogP contribution in [0.2, 0.25) is 5.02 Å². The van der Waals surface area contributed by atoms with Crippen molar-refractivity contribution in [3.05, 3.63) is 34.1 Å². The molecule has 0 radical (unpaired) electrons. The third-order valence-corrected chi connectivity index (χ3v) is 3.79. The monoisotopic (exact) mass is 342 g/mol. The van der Waals surface area contributed by atoms with Crippen molar-refractivity contribution in [3.8, 4) is 0 Å². The van der Waals surface area contributed by atoms with E-state index in [-0.39, 0.29) is 6.07 Å². The van der Waals surface area contributed by atoms with Crippen LogP contribution in [0.1, 0.15) is 43.6 Å². The molecule has 0 amide bonds. The first-order valence-corrected chi connectivity index (χ1v) is 6.56. The number of carbonyl (C=O) groups excluding carboxylic acids is 1.